The quantitative estimate of drug-likeness (QED) is 0.838. The van der Waals surface area contributed by atoms with Crippen LogP contribution in [0.1, 0.15) is 43.0 Å². The minimum Gasteiger partial charge on any atom is -0.397 e. The number of nitrogen functional groups attached to an aromatic ring is 1. The van der Waals surface area contributed by atoms with E-state index in [0.717, 1.165) is 11.8 Å². The lowest BCUT2D eigenvalue weighted by Gasteiger charge is -2.28. The normalized spacial score (nSPS) is 29.4. The van der Waals surface area contributed by atoms with Crippen LogP contribution in [0.2, 0.25) is 5.02 Å². The predicted octanol–water partition coefficient (Wildman–Crippen LogP) is 3.48. The topological polar surface area (TPSA) is 55.1 Å². The van der Waals surface area contributed by atoms with E-state index >= 15 is 0 Å². The first-order chi connectivity index (χ1) is 9.56. The number of hydrogen-bond acceptors (Lipinski definition) is 2. The third kappa shape index (κ3) is 2.39. The van der Waals surface area contributed by atoms with Gasteiger partial charge in [-0.3, -0.25) is 4.79 Å². The third-order valence-electron chi connectivity index (χ3n) is 5.09. The molecule has 0 aliphatic heterocycles. The fourth-order valence-corrected chi connectivity index (χ4v) is 4.21. The van der Waals surface area contributed by atoms with Crippen LogP contribution in [0, 0.1) is 17.8 Å². The number of anilines is 1. The lowest BCUT2D eigenvalue weighted by Crippen LogP contribution is -2.40. The van der Waals surface area contributed by atoms with Crippen LogP contribution in [0.25, 0.3) is 0 Å². The molecule has 2 bridgehead atoms. The summed E-state index contributed by atoms with van der Waals surface area (Å²) in [7, 11) is 0. The minimum absolute atomic E-state index is 0.111. The molecule has 1 aromatic rings. The highest BCUT2D eigenvalue weighted by Crippen LogP contribution is 2.49. The van der Waals surface area contributed by atoms with Crippen molar-refractivity contribution in [2.75, 3.05) is 5.73 Å². The smallest absolute Gasteiger partial charge is 0.253 e. The Balaban J connectivity index is 1.68. The Morgan fingerprint density at radius 3 is 2.85 bits per heavy atom. The Bertz CT molecular complexity index is 531. The maximum atomic E-state index is 12.3. The van der Waals surface area contributed by atoms with Crippen molar-refractivity contribution in [2.24, 2.45) is 17.8 Å². The molecule has 1 amide bonds. The molecule has 0 saturated heterocycles. The molecule has 20 heavy (non-hydrogen) atoms. The van der Waals surface area contributed by atoms with E-state index in [0.29, 0.717) is 22.2 Å². The molecular weight excluding hydrogens is 272 g/mol. The lowest BCUT2D eigenvalue weighted by molar-refractivity contribution is 0.0916. The third-order valence-corrected chi connectivity index (χ3v) is 5.42. The number of nitrogens with two attached hydrogens (primary N) is 1. The average molecular weight is 293 g/mol. The molecule has 0 heterocycles. The number of hydrogen-bond donors (Lipinski definition) is 2. The second-order valence-electron chi connectivity index (χ2n) is 6.30. The zero-order valence-corrected chi connectivity index (χ0v) is 12.5. The Labute approximate surface area is 124 Å². The van der Waals surface area contributed by atoms with Crippen LogP contribution in [-0.2, 0) is 0 Å². The van der Waals surface area contributed by atoms with Gasteiger partial charge in [-0.05, 0) is 56.1 Å². The van der Waals surface area contributed by atoms with Gasteiger partial charge < -0.3 is 11.1 Å². The zero-order chi connectivity index (χ0) is 14.3. The maximum absolute atomic E-state index is 12.3. The number of carbonyl (C=O) groups excluding carboxylic acids is 1. The summed E-state index contributed by atoms with van der Waals surface area (Å²) in [6.07, 6.45) is 5.32. The van der Waals surface area contributed by atoms with Gasteiger partial charge in [0.1, 0.15) is 0 Å². The fourth-order valence-electron chi connectivity index (χ4n) is 4.03. The van der Waals surface area contributed by atoms with Gasteiger partial charge in [0.25, 0.3) is 5.91 Å². The van der Waals surface area contributed by atoms with Crippen LogP contribution in [0.4, 0.5) is 5.69 Å². The molecular formula is C16H21ClN2O. The van der Waals surface area contributed by atoms with Gasteiger partial charge in [0, 0.05) is 6.04 Å². The van der Waals surface area contributed by atoms with Gasteiger partial charge in [0.05, 0.1) is 16.3 Å². The summed E-state index contributed by atoms with van der Waals surface area (Å²) < 4.78 is 0. The van der Waals surface area contributed by atoms with E-state index in [1.165, 1.54) is 25.7 Å². The van der Waals surface area contributed by atoms with E-state index in [1.54, 1.807) is 18.2 Å². The van der Waals surface area contributed by atoms with E-state index < -0.39 is 0 Å². The van der Waals surface area contributed by atoms with Crippen LogP contribution in [0.5, 0.6) is 0 Å². The number of nitrogens with one attached hydrogen (secondary N) is 1. The van der Waals surface area contributed by atoms with Crippen molar-refractivity contribution in [3.8, 4) is 0 Å². The molecule has 108 valence electrons. The molecule has 3 rings (SSSR count). The maximum Gasteiger partial charge on any atom is 0.253 e. The van der Waals surface area contributed by atoms with Crippen molar-refractivity contribution in [1.29, 1.82) is 0 Å². The number of para-hydroxylation sites is 1. The van der Waals surface area contributed by atoms with Crippen LogP contribution in [0.3, 0.4) is 0 Å². The van der Waals surface area contributed by atoms with Crippen molar-refractivity contribution in [3.05, 3.63) is 28.8 Å². The highest BCUT2D eigenvalue weighted by Gasteiger charge is 2.42. The SMILES string of the molecule is CC(NC(=O)c1cccc(Cl)c1N)C1CC2CCC1C2. The first kappa shape index (κ1) is 13.7. The van der Waals surface area contributed by atoms with Crippen molar-refractivity contribution < 1.29 is 4.79 Å². The molecule has 3 nitrogen and oxygen atoms in total. The molecule has 2 aliphatic carbocycles. The monoisotopic (exact) mass is 292 g/mol. The number of rotatable bonds is 3. The Kier molecular flexibility index (Phi) is 3.63. The average Bonchev–Trinajstić information content (AvgIpc) is 3.04. The second kappa shape index (κ2) is 5.28. The van der Waals surface area contributed by atoms with Crippen LogP contribution in [0.15, 0.2) is 18.2 Å². The van der Waals surface area contributed by atoms with Crippen LogP contribution < -0.4 is 11.1 Å². The second-order valence-corrected chi connectivity index (χ2v) is 6.71. The molecule has 2 aliphatic rings. The summed E-state index contributed by atoms with van der Waals surface area (Å²) in [4.78, 5) is 12.3. The van der Waals surface area contributed by atoms with E-state index in [-0.39, 0.29) is 11.9 Å². The van der Waals surface area contributed by atoms with Crippen LogP contribution >= 0.6 is 11.6 Å². The molecule has 0 radical (unpaired) electrons. The predicted molar refractivity (Wildman–Crippen MR) is 81.7 cm³/mol. The van der Waals surface area contributed by atoms with Gasteiger partial charge in [-0.1, -0.05) is 24.1 Å². The number of amides is 1. The van der Waals surface area contributed by atoms with Gasteiger partial charge in [0.2, 0.25) is 0 Å². The highest BCUT2D eigenvalue weighted by atomic mass is 35.5. The fraction of sp³-hybridized carbons (Fsp3) is 0.562. The zero-order valence-electron chi connectivity index (χ0n) is 11.7. The number of halogens is 1. The Hall–Kier alpha value is -1.22. The van der Waals surface area contributed by atoms with E-state index in [1.807, 2.05) is 0 Å². The summed E-state index contributed by atoms with van der Waals surface area (Å²) >= 11 is 5.97. The molecule has 3 N–H and O–H groups in total. The summed E-state index contributed by atoms with van der Waals surface area (Å²) in [6, 6.07) is 5.39. The Morgan fingerprint density at radius 2 is 2.20 bits per heavy atom. The van der Waals surface area contributed by atoms with Gasteiger partial charge in [-0.15, -0.1) is 0 Å². The molecule has 2 fully saturated rings. The van der Waals surface area contributed by atoms with E-state index in [9.17, 15) is 4.79 Å². The molecule has 4 unspecified atom stereocenters. The molecule has 1 aromatic carbocycles. The number of carbonyl (C=O) groups is 1. The number of benzene rings is 1. The summed E-state index contributed by atoms with van der Waals surface area (Å²) in [5.74, 6) is 2.20. The highest BCUT2D eigenvalue weighted by molar-refractivity contribution is 6.33. The molecule has 0 aromatic heterocycles. The molecule has 4 atom stereocenters. The molecule has 2 saturated carbocycles. The van der Waals surface area contributed by atoms with Gasteiger partial charge in [0.15, 0.2) is 0 Å². The molecule has 4 heteroatoms. The summed E-state index contributed by atoms with van der Waals surface area (Å²) in [5.41, 5.74) is 6.73. The van der Waals surface area contributed by atoms with Crippen molar-refractivity contribution >= 4 is 23.2 Å². The van der Waals surface area contributed by atoms with Crippen molar-refractivity contribution in [2.45, 2.75) is 38.6 Å². The first-order valence-corrected chi connectivity index (χ1v) is 7.79. The summed E-state index contributed by atoms with van der Waals surface area (Å²) in [6.45, 7) is 2.12. The van der Waals surface area contributed by atoms with Gasteiger partial charge in [-0.2, -0.15) is 0 Å². The lowest BCUT2D eigenvalue weighted by atomic mass is 9.84. The van der Waals surface area contributed by atoms with Crippen molar-refractivity contribution in [3.63, 3.8) is 0 Å². The Morgan fingerprint density at radius 1 is 1.40 bits per heavy atom. The minimum atomic E-state index is -0.111. The van der Waals surface area contributed by atoms with Gasteiger partial charge in [-0.25, -0.2) is 0 Å². The van der Waals surface area contributed by atoms with Crippen molar-refractivity contribution in [1.82, 2.24) is 5.32 Å². The first-order valence-electron chi connectivity index (χ1n) is 7.41. The van der Waals surface area contributed by atoms with Gasteiger partial charge >= 0.3 is 0 Å². The van der Waals surface area contributed by atoms with E-state index in [4.69, 9.17) is 17.3 Å². The van der Waals surface area contributed by atoms with Crippen LogP contribution in [-0.4, -0.2) is 11.9 Å². The largest absolute Gasteiger partial charge is 0.397 e. The van der Waals surface area contributed by atoms with E-state index in [2.05, 4.69) is 12.2 Å². The standard InChI is InChI=1S/C16H21ClN2O/c1-9(13-8-10-5-6-11(13)7-10)19-16(20)12-3-2-4-14(17)15(12)18/h2-4,9-11,13H,5-8,18H2,1H3,(H,19,20). The number of fused-ring (bicyclic) bond motifs is 2. The summed E-state index contributed by atoms with van der Waals surface area (Å²) in [5, 5.41) is 3.55. The molecule has 0 spiro atoms.